The van der Waals surface area contributed by atoms with E-state index in [0.29, 0.717) is 28.6 Å². The van der Waals surface area contributed by atoms with Gasteiger partial charge in [0.05, 0.1) is 26.0 Å². The predicted octanol–water partition coefficient (Wildman–Crippen LogP) is 2.52. The Bertz CT molecular complexity index is 785. The fraction of sp³-hybridized carbons (Fsp3) is 0.421. The maximum absolute atomic E-state index is 11.6. The molecule has 0 radical (unpaired) electrons. The number of methoxy groups -OCH3 is 2. The predicted molar refractivity (Wildman–Crippen MR) is 105 cm³/mol. The van der Waals surface area contributed by atoms with Gasteiger partial charge in [-0.05, 0) is 24.6 Å². The van der Waals surface area contributed by atoms with Gasteiger partial charge in [-0.3, -0.25) is 0 Å². The van der Waals surface area contributed by atoms with Gasteiger partial charge in [0.1, 0.15) is 13.2 Å². The Kier molecular flexibility index (Phi) is 8.13. The van der Waals surface area contributed by atoms with E-state index in [1.807, 2.05) is 0 Å². The molecule has 3 N–H and O–H groups in total. The minimum Gasteiger partial charge on any atom is -0.493 e. The molecule has 0 saturated heterocycles. The van der Waals surface area contributed by atoms with Crippen LogP contribution in [0, 0.1) is 0 Å². The number of carbonyl (C=O) groups excluding carboxylic acids is 1. The van der Waals surface area contributed by atoms with Crippen molar-refractivity contribution in [1.82, 2.24) is 9.97 Å². The van der Waals surface area contributed by atoms with Gasteiger partial charge in [0, 0.05) is 6.54 Å². The topological polar surface area (TPSA) is 118 Å². The molecular weight excluding hydrogens is 364 g/mol. The summed E-state index contributed by atoms with van der Waals surface area (Å²) in [6.07, 6.45) is 3.60. The third-order valence-electron chi connectivity index (χ3n) is 3.78. The lowest BCUT2D eigenvalue weighted by atomic mass is 10.2. The molecule has 1 aromatic carbocycles. The summed E-state index contributed by atoms with van der Waals surface area (Å²) in [7, 11) is 2.82. The first kappa shape index (κ1) is 21.1. The number of hydrogen-bond donors (Lipinski definition) is 2. The average Bonchev–Trinajstić information content (AvgIpc) is 2.72. The number of ether oxygens (including phenoxy) is 4. The van der Waals surface area contributed by atoms with Crippen molar-refractivity contribution in [3.05, 3.63) is 30.0 Å². The molecule has 0 fully saturated rings. The molecule has 9 nitrogen and oxygen atoms in total. The zero-order valence-corrected chi connectivity index (χ0v) is 16.4. The fourth-order valence-electron chi connectivity index (χ4n) is 2.34. The maximum atomic E-state index is 11.6. The van der Waals surface area contributed by atoms with Crippen molar-refractivity contribution in [2.45, 2.75) is 19.8 Å². The van der Waals surface area contributed by atoms with E-state index in [2.05, 4.69) is 22.2 Å². The summed E-state index contributed by atoms with van der Waals surface area (Å²) in [5.74, 6) is 1.72. The first-order valence-electron chi connectivity index (χ1n) is 8.97. The Morgan fingerprint density at radius 2 is 1.89 bits per heavy atom. The Morgan fingerprint density at radius 1 is 1.14 bits per heavy atom. The summed E-state index contributed by atoms with van der Waals surface area (Å²) in [6, 6.07) is 4.81. The standard InChI is InChI=1S/C19H26N4O5/c1-4-5-8-21-17-16(12-22-19(20)23-17)28-10-9-27-14-7-6-13(18(24)26-3)11-15(14)25-2/h6-7,11-12H,4-5,8-10H2,1-3H3,(H3,20,21,22,23). The van der Waals surface area contributed by atoms with E-state index in [-0.39, 0.29) is 19.2 Å². The summed E-state index contributed by atoms with van der Waals surface area (Å²) in [6.45, 7) is 3.39. The van der Waals surface area contributed by atoms with Crippen LogP contribution in [-0.2, 0) is 4.74 Å². The van der Waals surface area contributed by atoms with Gasteiger partial charge in [-0.2, -0.15) is 4.98 Å². The monoisotopic (exact) mass is 390 g/mol. The van der Waals surface area contributed by atoms with Gasteiger partial charge in [0.2, 0.25) is 5.95 Å². The van der Waals surface area contributed by atoms with Crippen LogP contribution in [-0.4, -0.2) is 49.9 Å². The SMILES string of the molecule is CCCCNc1nc(N)ncc1OCCOc1ccc(C(=O)OC)cc1OC. The third kappa shape index (κ3) is 5.90. The molecule has 0 bridgehead atoms. The number of nitrogen functional groups attached to an aromatic ring is 1. The van der Waals surface area contributed by atoms with Crippen molar-refractivity contribution >= 4 is 17.7 Å². The van der Waals surface area contributed by atoms with Crippen molar-refractivity contribution in [2.75, 3.05) is 45.0 Å². The van der Waals surface area contributed by atoms with E-state index < -0.39 is 5.97 Å². The molecule has 0 aliphatic rings. The van der Waals surface area contributed by atoms with Gasteiger partial charge in [-0.15, -0.1) is 0 Å². The first-order valence-corrected chi connectivity index (χ1v) is 8.97. The minimum atomic E-state index is -0.445. The number of anilines is 2. The quantitative estimate of drug-likeness (QED) is 0.441. The number of nitrogens with two attached hydrogens (primary N) is 1. The van der Waals surface area contributed by atoms with Gasteiger partial charge < -0.3 is 30.0 Å². The van der Waals surface area contributed by atoms with Gasteiger partial charge in [0.25, 0.3) is 0 Å². The van der Waals surface area contributed by atoms with Crippen molar-refractivity contribution in [3.63, 3.8) is 0 Å². The zero-order chi connectivity index (χ0) is 20.4. The van der Waals surface area contributed by atoms with Crippen LogP contribution in [0.3, 0.4) is 0 Å². The van der Waals surface area contributed by atoms with Crippen LogP contribution in [0.25, 0.3) is 0 Å². The molecule has 0 amide bonds. The van der Waals surface area contributed by atoms with Crippen LogP contribution in [0.5, 0.6) is 17.2 Å². The molecule has 2 rings (SSSR count). The van der Waals surface area contributed by atoms with Gasteiger partial charge in [-0.25, -0.2) is 9.78 Å². The highest BCUT2D eigenvalue weighted by Gasteiger charge is 2.12. The molecule has 152 valence electrons. The second-order valence-corrected chi connectivity index (χ2v) is 5.78. The van der Waals surface area contributed by atoms with E-state index in [1.54, 1.807) is 18.2 Å². The number of benzene rings is 1. The van der Waals surface area contributed by atoms with E-state index in [4.69, 9.17) is 24.7 Å². The molecule has 9 heteroatoms. The van der Waals surface area contributed by atoms with Crippen LogP contribution < -0.4 is 25.3 Å². The molecule has 1 heterocycles. The van der Waals surface area contributed by atoms with Crippen molar-refractivity contribution < 1.29 is 23.7 Å². The zero-order valence-electron chi connectivity index (χ0n) is 16.4. The normalized spacial score (nSPS) is 10.2. The van der Waals surface area contributed by atoms with Gasteiger partial charge in [-0.1, -0.05) is 13.3 Å². The van der Waals surface area contributed by atoms with Gasteiger partial charge in [0.15, 0.2) is 23.1 Å². The van der Waals surface area contributed by atoms with E-state index in [1.165, 1.54) is 20.4 Å². The Labute approximate surface area is 164 Å². The smallest absolute Gasteiger partial charge is 0.337 e. The van der Waals surface area contributed by atoms with Crippen LogP contribution in [0.2, 0.25) is 0 Å². The van der Waals surface area contributed by atoms with Crippen LogP contribution in [0.15, 0.2) is 24.4 Å². The number of hydrogen-bond acceptors (Lipinski definition) is 9. The highest BCUT2D eigenvalue weighted by atomic mass is 16.5. The Hall–Kier alpha value is -3.23. The molecule has 28 heavy (non-hydrogen) atoms. The molecule has 1 aromatic heterocycles. The molecule has 0 atom stereocenters. The molecule has 0 unspecified atom stereocenters. The molecular formula is C19H26N4O5. The summed E-state index contributed by atoms with van der Waals surface area (Å²) < 4.78 is 21.4. The summed E-state index contributed by atoms with van der Waals surface area (Å²) >= 11 is 0. The highest BCUT2D eigenvalue weighted by molar-refractivity contribution is 5.90. The third-order valence-corrected chi connectivity index (χ3v) is 3.78. The van der Waals surface area contributed by atoms with Crippen molar-refractivity contribution in [3.8, 4) is 17.2 Å². The van der Waals surface area contributed by atoms with Crippen LogP contribution in [0.4, 0.5) is 11.8 Å². The molecule has 0 aliphatic heterocycles. The van der Waals surface area contributed by atoms with E-state index >= 15 is 0 Å². The first-order chi connectivity index (χ1) is 13.6. The minimum absolute atomic E-state index is 0.179. The number of rotatable bonds is 11. The average molecular weight is 390 g/mol. The summed E-state index contributed by atoms with van der Waals surface area (Å²) in [5.41, 5.74) is 6.03. The fourth-order valence-corrected chi connectivity index (χ4v) is 2.34. The van der Waals surface area contributed by atoms with E-state index in [0.717, 1.165) is 19.4 Å². The highest BCUT2D eigenvalue weighted by Crippen LogP contribution is 2.28. The number of nitrogens with zero attached hydrogens (tertiary/aromatic N) is 2. The Balaban J connectivity index is 1.93. The van der Waals surface area contributed by atoms with Gasteiger partial charge >= 0.3 is 5.97 Å². The molecule has 0 aliphatic carbocycles. The van der Waals surface area contributed by atoms with E-state index in [9.17, 15) is 4.79 Å². The van der Waals surface area contributed by atoms with Crippen molar-refractivity contribution in [2.24, 2.45) is 0 Å². The summed E-state index contributed by atoms with van der Waals surface area (Å²) in [4.78, 5) is 19.7. The lowest BCUT2D eigenvalue weighted by Gasteiger charge is -2.14. The molecule has 0 saturated carbocycles. The number of aromatic nitrogens is 2. The maximum Gasteiger partial charge on any atom is 0.337 e. The lowest BCUT2D eigenvalue weighted by Crippen LogP contribution is -2.13. The van der Waals surface area contributed by atoms with Crippen LogP contribution >= 0.6 is 0 Å². The number of nitrogens with one attached hydrogen (secondary N) is 1. The number of esters is 1. The summed E-state index contributed by atoms with van der Waals surface area (Å²) in [5, 5.41) is 3.19. The molecule has 0 spiro atoms. The largest absolute Gasteiger partial charge is 0.493 e. The second kappa shape index (κ2) is 10.8. The van der Waals surface area contributed by atoms with Crippen molar-refractivity contribution in [1.29, 1.82) is 0 Å². The lowest BCUT2D eigenvalue weighted by molar-refractivity contribution is 0.0600. The Morgan fingerprint density at radius 3 is 2.57 bits per heavy atom. The van der Waals surface area contributed by atoms with Crippen LogP contribution in [0.1, 0.15) is 30.1 Å². The molecule has 2 aromatic rings. The number of unbranched alkanes of at least 4 members (excludes halogenated alkanes) is 1. The number of carbonyl (C=O) groups is 1. The second-order valence-electron chi connectivity index (χ2n) is 5.78.